The zero-order valence-electron chi connectivity index (χ0n) is 18.4. The first-order valence-electron chi connectivity index (χ1n) is 11.6. The van der Waals surface area contributed by atoms with Crippen LogP contribution in [0.3, 0.4) is 0 Å². The van der Waals surface area contributed by atoms with Crippen molar-refractivity contribution in [3.8, 4) is 28.6 Å². The van der Waals surface area contributed by atoms with Crippen LogP contribution >= 0.6 is 11.6 Å². The van der Waals surface area contributed by atoms with E-state index in [0.717, 1.165) is 19.3 Å². The van der Waals surface area contributed by atoms with Crippen LogP contribution in [-0.4, -0.2) is 26.2 Å². The third-order valence-electron chi connectivity index (χ3n) is 7.29. The van der Waals surface area contributed by atoms with Crippen LogP contribution < -0.4 is 5.32 Å². The van der Waals surface area contributed by atoms with Crippen LogP contribution in [0, 0.1) is 29.0 Å². The molecule has 8 heteroatoms. The zero-order chi connectivity index (χ0) is 23.2. The predicted molar refractivity (Wildman–Crippen MR) is 130 cm³/mol. The monoisotopic (exact) mass is 472 g/mol. The Morgan fingerprint density at radius 1 is 1.15 bits per heavy atom. The number of rotatable bonds is 4. The topological polar surface area (TPSA) is 90.3 Å². The van der Waals surface area contributed by atoms with Gasteiger partial charge in [-0.05, 0) is 42.7 Å². The van der Waals surface area contributed by atoms with Gasteiger partial charge in [0, 0.05) is 23.2 Å². The van der Waals surface area contributed by atoms with Gasteiger partial charge in [-0.1, -0.05) is 54.8 Å². The number of fused-ring (bicyclic) bond motifs is 4. The Kier molecular flexibility index (Phi) is 5.19. The van der Waals surface area contributed by atoms with Gasteiger partial charge >= 0.3 is 0 Å². The van der Waals surface area contributed by atoms with Crippen LogP contribution in [0.2, 0.25) is 5.02 Å². The molecule has 2 N–H and O–H groups in total. The Morgan fingerprint density at radius 2 is 1.94 bits per heavy atom. The lowest BCUT2D eigenvalue weighted by Gasteiger charge is -2.42. The van der Waals surface area contributed by atoms with Crippen molar-refractivity contribution in [3.63, 3.8) is 0 Å². The van der Waals surface area contributed by atoms with Gasteiger partial charge in [-0.25, -0.2) is 14.4 Å². The summed E-state index contributed by atoms with van der Waals surface area (Å²) in [5.74, 6) is 0.860. The molecule has 0 amide bonds. The van der Waals surface area contributed by atoms with Gasteiger partial charge in [-0.3, -0.25) is 5.10 Å². The Balaban J connectivity index is 1.56. The third-order valence-corrected chi connectivity index (χ3v) is 7.50. The molecule has 7 rings (SSSR count). The van der Waals surface area contributed by atoms with Crippen molar-refractivity contribution in [3.05, 3.63) is 59.0 Å². The van der Waals surface area contributed by atoms with E-state index in [9.17, 15) is 5.26 Å². The van der Waals surface area contributed by atoms with Crippen molar-refractivity contribution in [2.45, 2.75) is 38.1 Å². The van der Waals surface area contributed by atoms with E-state index in [2.05, 4.69) is 31.6 Å². The van der Waals surface area contributed by atoms with Gasteiger partial charge in [0.2, 0.25) is 0 Å². The number of pyridine rings is 2. The fourth-order valence-corrected chi connectivity index (χ4v) is 5.77. The number of nitrogens with zero attached hydrogens (tertiary/aromatic N) is 4. The van der Waals surface area contributed by atoms with E-state index >= 15 is 4.39 Å². The molecule has 2 bridgehead atoms. The molecule has 1 atom stereocenters. The number of hydrogen-bond acceptors (Lipinski definition) is 5. The maximum atomic E-state index is 16.1. The van der Waals surface area contributed by atoms with Gasteiger partial charge in [0.1, 0.15) is 11.8 Å². The lowest BCUT2D eigenvalue weighted by molar-refractivity contribution is 0.157. The second kappa shape index (κ2) is 8.37. The van der Waals surface area contributed by atoms with E-state index in [1.165, 1.54) is 19.0 Å². The average Bonchev–Trinajstić information content (AvgIpc) is 3.29. The summed E-state index contributed by atoms with van der Waals surface area (Å²) in [4.78, 5) is 8.93. The van der Waals surface area contributed by atoms with Crippen molar-refractivity contribution in [2.24, 2.45) is 11.8 Å². The molecule has 34 heavy (non-hydrogen) atoms. The minimum absolute atomic E-state index is 0.143. The summed E-state index contributed by atoms with van der Waals surface area (Å²) >= 11 is 6.20. The SMILES string of the molecule is N#Cc1c(-c2[nH]nc3ncc(Cl)cc23)nc(NC2CC3CCC2CC3)c(F)c1-c1ccccc1. The lowest BCUT2D eigenvalue weighted by Crippen LogP contribution is -2.40. The molecule has 0 radical (unpaired) electrons. The summed E-state index contributed by atoms with van der Waals surface area (Å²) in [5, 5.41) is 21.9. The number of nitriles is 1. The quantitative estimate of drug-likeness (QED) is 0.361. The molecule has 3 aliphatic rings. The number of benzene rings is 1. The molecule has 6 nitrogen and oxygen atoms in total. The van der Waals surface area contributed by atoms with Crippen LogP contribution in [0.25, 0.3) is 33.5 Å². The average molecular weight is 473 g/mol. The molecular weight excluding hydrogens is 451 g/mol. The number of aromatic amines is 1. The molecular formula is C26H22ClFN6. The van der Waals surface area contributed by atoms with Gasteiger partial charge in [-0.15, -0.1) is 0 Å². The van der Waals surface area contributed by atoms with E-state index in [-0.39, 0.29) is 23.0 Å². The maximum absolute atomic E-state index is 16.1. The normalized spacial score (nSPS) is 21.5. The minimum Gasteiger partial charge on any atom is -0.365 e. The first-order valence-corrected chi connectivity index (χ1v) is 12.0. The van der Waals surface area contributed by atoms with E-state index in [4.69, 9.17) is 11.6 Å². The van der Waals surface area contributed by atoms with Crippen molar-refractivity contribution in [1.82, 2.24) is 20.2 Å². The molecule has 0 saturated heterocycles. The molecule has 0 aliphatic heterocycles. The molecule has 3 aliphatic carbocycles. The highest BCUT2D eigenvalue weighted by molar-refractivity contribution is 6.31. The largest absolute Gasteiger partial charge is 0.365 e. The van der Waals surface area contributed by atoms with Crippen LogP contribution in [0.5, 0.6) is 0 Å². The van der Waals surface area contributed by atoms with Crippen LogP contribution in [-0.2, 0) is 0 Å². The van der Waals surface area contributed by atoms with Gasteiger partial charge in [0.05, 0.1) is 16.3 Å². The van der Waals surface area contributed by atoms with Gasteiger partial charge < -0.3 is 5.32 Å². The third kappa shape index (κ3) is 3.50. The van der Waals surface area contributed by atoms with Crippen LogP contribution in [0.15, 0.2) is 42.6 Å². The molecule has 4 aromatic rings. The van der Waals surface area contributed by atoms with Crippen molar-refractivity contribution >= 4 is 28.5 Å². The fraction of sp³-hybridized carbons (Fsp3) is 0.308. The summed E-state index contributed by atoms with van der Waals surface area (Å²) < 4.78 is 16.1. The fourth-order valence-electron chi connectivity index (χ4n) is 5.61. The van der Waals surface area contributed by atoms with Crippen LogP contribution in [0.1, 0.15) is 37.7 Å². The first kappa shape index (κ1) is 21.1. The van der Waals surface area contributed by atoms with Crippen molar-refractivity contribution in [1.29, 1.82) is 5.26 Å². The van der Waals surface area contributed by atoms with E-state index in [0.29, 0.717) is 44.8 Å². The van der Waals surface area contributed by atoms with Crippen molar-refractivity contribution in [2.75, 3.05) is 5.32 Å². The predicted octanol–water partition coefficient (Wildman–Crippen LogP) is 6.34. The zero-order valence-corrected chi connectivity index (χ0v) is 19.1. The Bertz CT molecular complexity index is 1420. The number of nitrogens with one attached hydrogen (secondary N) is 2. The highest BCUT2D eigenvalue weighted by atomic mass is 35.5. The molecule has 3 heterocycles. The Morgan fingerprint density at radius 3 is 2.65 bits per heavy atom. The summed E-state index contributed by atoms with van der Waals surface area (Å²) in [7, 11) is 0. The molecule has 170 valence electrons. The molecule has 3 saturated carbocycles. The summed E-state index contributed by atoms with van der Waals surface area (Å²) in [6, 6.07) is 13.2. The van der Waals surface area contributed by atoms with Crippen molar-refractivity contribution < 1.29 is 4.39 Å². The number of H-pyrrole nitrogens is 1. The van der Waals surface area contributed by atoms with Crippen LogP contribution in [0.4, 0.5) is 10.2 Å². The number of halogens is 2. The summed E-state index contributed by atoms with van der Waals surface area (Å²) in [6.45, 7) is 0. The molecule has 1 unspecified atom stereocenters. The molecule has 3 fully saturated rings. The van der Waals surface area contributed by atoms with E-state index < -0.39 is 5.82 Å². The maximum Gasteiger partial charge on any atom is 0.181 e. The number of aromatic nitrogens is 4. The Labute approximate surface area is 201 Å². The smallest absolute Gasteiger partial charge is 0.181 e. The summed E-state index contributed by atoms with van der Waals surface area (Å²) in [5.41, 5.74) is 2.27. The minimum atomic E-state index is -0.507. The van der Waals surface area contributed by atoms with E-state index in [1.54, 1.807) is 18.2 Å². The lowest BCUT2D eigenvalue weighted by atomic mass is 9.68. The summed E-state index contributed by atoms with van der Waals surface area (Å²) in [6.07, 6.45) is 7.36. The number of hydrogen-bond donors (Lipinski definition) is 2. The molecule has 0 spiro atoms. The highest BCUT2D eigenvalue weighted by Gasteiger charge is 2.36. The second-order valence-electron chi connectivity index (χ2n) is 9.24. The standard InChI is InChI=1S/C26H22ClFN6/c27-17-11-18-24(33-34-25(18)30-13-17)23-19(12-29)21(16-4-2-1-3-5-16)22(28)26(32-23)31-20-10-14-6-8-15(20)9-7-14/h1-5,11,13-15,20H,6-10H2,(H,31,32)(H,30,33,34). The van der Waals surface area contributed by atoms with E-state index in [1.807, 2.05) is 18.2 Å². The molecule has 1 aromatic carbocycles. The molecule has 3 aromatic heterocycles. The van der Waals surface area contributed by atoms with Gasteiger partial charge in [-0.2, -0.15) is 10.4 Å². The number of anilines is 1. The Hall–Kier alpha value is -3.50. The first-order chi connectivity index (χ1) is 16.6. The highest BCUT2D eigenvalue weighted by Crippen LogP contribution is 2.44. The van der Waals surface area contributed by atoms with Gasteiger partial charge in [0.25, 0.3) is 0 Å². The second-order valence-corrected chi connectivity index (χ2v) is 9.68. The van der Waals surface area contributed by atoms with Gasteiger partial charge in [0.15, 0.2) is 17.3 Å².